The predicted molar refractivity (Wildman–Crippen MR) is 75.3 cm³/mol. The zero-order chi connectivity index (χ0) is 13.5. The van der Waals surface area contributed by atoms with Crippen molar-refractivity contribution in [1.82, 2.24) is 10.2 Å². The van der Waals surface area contributed by atoms with Crippen LogP contribution in [0, 0.1) is 5.92 Å². The summed E-state index contributed by atoms with van der Waals surface area (Å²) >= 11 is 0. The molecule has 0 radical (unpaired) electrons. The van der Waals surface area contributed by atoms with Crippen LogP contribution in [-0.4, -0.2) is 43.5 Å². The molecule has 1 aliphatic carbocycles. The lowest BCUT2D eigenvalue weighted by atomic mass is 9.94. The van der Waals surface area contributed by atoms with Gasteiger partial charge in [-0.15, -0.1) is 0 Å². The smallest absolute Gasteiger partial charge is 0.224 e. The maximum atomic E-state index is 12.2. The van der Waals surface area contributed by atoms with Crippen molar-refractivity contribution in [3.8, 4) is 0 Å². The first-order chi connectivity index (χ1) is 8.50. The Kier molecular flexibility index (Phi) is 6.65. The number of hydrogen-bond donors (Lipinski definition) is 2. The Morgan fingerprint density at radius 2 is 2.00 bits per heavy atom. The average Bonchev–Trinajstić information content (AvgIpc) is 2.51. The molecule has 0 aliphatic heterocycles. The lowest BCUT2D eigenvalue weighted by Crippen LogP contribution is -2.44. The predicted octanol–water partition coefficient (Wildman–Crippen LogP) is 1.35. The number of rotatable bonds is 5. The Morgan fingerprint density at radius 1 is 1.33 bits per heavy atom. The highest BCUT2D eigenvalue weighted by molar-refractivity contribution is 5.79. The van der Waals surface area contributed by atoms with Gasteiger partial charge in [-0.1, -0.05) is 19.3 Å². The third kappa shape index (κ3) is 5.36. The molecule has 1 fully saturated rings. The Hall–Kier alpha value is -0.610. The summed E-state index contributed by atoms with van der Waals surface area (Å²) in [5.74, 6) is 0.185. The molecule has 1 rings (SSSR count). The summed E-state index contributed by atoms with van der Waals surface area (Å²) < 4.78 is 0. The molecule has 0 aromatic rings. The molecule has 3 atom stereocenters. The van der Waals surface area contributed by atoms with Crippen LogP contribution in [0.1, 0.15) is 45.4 Å². The maximum Gasteiger partial charge on any atom is 0.224 e. The van der Waals surface area contributed by atoms with E-state index in [1.54, 1.807) is 0 Å². The van der Waals surface area contributed by atoms with Crippen LogP contribution in [0.4, 0.5) is 0 Å². The van der Waals surface area contributed by atoms with Crippen LogP contribution in [0.15, 0.2) is 0 Å². The van der Waals surface area contributed by atoms with Gasteiger partial charge in [0.15, 0.2) is 0 Å². The van der Waals surface area contributed by atoms with Crippen LogP contribution < -0.4 is 11.1 Å². The number of amides is 1. The van der Waals surface area contributed by atoms with E-state index in [9.17, 15) is 4.79 Å². The lowest BCUT2D eigenvalue weighted by molar-refractivity contribution is -0.126. The van der Waals surface area contributed by atoms with Crippen LogP contribution in [-0.2, 0) is 4.79 Å². The minimum atomic E-state index is 0.0225. The van der Waals surface area contributed by atoms with Crippen LogP contribution >= 0.6 is 0 Å². The number of nitrogens with two attached hydrogens (primary N) is 1. The summed E-state index contributed by atoms with van der Waals surface area (Å²) in [7, 11) is 4.10. The fourth-order valence-electron chi connectivity index (χ4n) is 2.54. The molecule has 18 heavy (non-hydrogen) atoms. The minimum absolute atomic E-state index is 0.0225. The summed E-state index contributed by atoms with van der Waals surface area (Å²) in [5, 5.41) is 3.12. The molecular formula is C14H29N3O. The van der Waals surface area contributed by atoms with Crippen molar-refractivity contribution in [3.05, 3.63) is 0 Å². The van der Waals surface area contributed by atoms with Gasteiger partial charge in [-0.05, 0) is 46.8 Å². The van der Waals surface area contributed by atoms with Gasteiger partial charge in [0.2, 0.25) is 5.91 Å². The van der Waals surface area contributed by atoms with Crippen molar-refractivity contribution >= 4 is 5.91 Å². The highest BCUT2D eigenvalue weighted by Crippen LogP contribution is 2.22. The van der Waals surface area contributed by atoms with E-state index in [-0.39, 0.29) is 23.9 Å². The van der Waals surface area contributed by atoms with Gasteiger partial charge < -0.3 is 16.0 Å². The Labute approximate surface area is 111 Å². The number of carbonyl (C=O) groups is 1. The monoisotopic (exact) mass is 255 g/mol. The molecule has 0 spiro atoms. The molecule has 4 nitrogen and oxygen atoms in total. The average molecular weight is 255 g/mol. The zero-order valence-corrected chi connectivity index (χ0v) is 12.1. The van der Waals surface area contributed by atoms with Crippen molar-refractivity contribution in [3.63, 3.8) is 0 Å². The van der Waals surface area contributed by atoms with E-state index in [4.69, 9.17) is 5.73 Å². The Morgan fingerprint density at radius 3 is 2.67 bits per heavy atom. The standard InChI is InChI=1S/C14H29N3O/c1-11(9-10-17(2)3)16-14(18)12-7-5-4-6-8-13(12)15/h11-13H,4-10,15H2,1-3H3,(H,16,18). The van der Waals surface area contributed by atoms with Gasteiger partial charge in [0.05, 0.1) is 5.92 Å². The highest BCUT2D eigenvalue weighted by atomic mass is 16.2. The van der Waals surface area contributed by atoms with Crippen LogP contribution in [0.2, 0.25) is 0 Å². The second-order valence-electron chi connectivity index (χ2n) is 5.91. The van der Waals surface area contributed by atoms with Crippen molar-refractivity contribution < 1.29 is 4.79 Å². The number of nitrogens with zero attached hydrogens (tertiary/aromatic N) is 1. The largest absolute Gasteiger partial charge is 0.353 e. The molecule has 3 N–H and O–H groups in total. The van der Waals surface area contributed by atoms with E-state index in [2.05, 4.69) is 31.2 Å². The summed E-state index contributed by atoms with van der Waals surface area (Å²) in [4.78, 5) is 14.4. The van der Waals surface area contributed by atoms with Crippen molar-refractivity contribution in [1.29, 1.82) is 0 Å². The molecule has 0 aromatic carbocycles. The fourth-order valence-corrected chi connectivity index (χ4v) is 2.54. The summed E-state index contributed by atoms with van der Waals surface area (Å²) in [6, 6.07) is 0.281. The van der Waals surface area contributed by atoms with E-state index >= 15 is 0 Å². The molecule has 106 valence electrons. The van der Waals surface area contributed by atoms with E-state index in [0.29, 0.717) is 0 Å². The number of nitrogens with one attached hydrogen (secondary N) is 1. The van der Waals surface area contributed by atoms with Gasteiger partial charge in [0.25, 0.3) is 0 Å². The molecule has 1 saturated carbocycles. The number of carbonyl (C=O) groups excluding carboxylic acids is 1. The molecule has 1 amide bonds. The normalized spacial score (nSPS) is 26.7. The maximum absolute atomic E-state index is 12.2. The molecular weight excluding hydrogens is 226 g/mol. The lowest BCUT2D eigenvalue weighted by Gasteiger charge is -2.23. The summed E-state index contributed by atoms with van der Waals surface area (Å²) in [6.07, 6.45) is 6.45. The Bertz CT molecular complexity index is 255. The van der Waals surface area contributed by atoms with Crippen LogP contribution in [0.25, 0.3) is 0 Å². The summed E-state index contributed by atoms with van der Waals surface area (Å²) in [6.45, 7) is 3.07. The van der Waals surface area contributed by atoms with Gasteiger partial charge in [0, 0.05) is 12.1 Å². The van der Waals surface area contributed by atoms with E-state index in [0.717, 1.165) is 32.2 Å². The van der Waals surface area contributed by atoms with E-state index in [1.165, 1.54) is 12.8 Å². The molecule has 0 aromatic heterocycles. The minimum Gasteiger partial charge on any atom is -0.353 e. The van der Waals surface area contributed by atoms with Gasteiger partial charge in [-0.3, -0.25) is 4.79 Å². The van der Waals surface area contributed by atoms with Crippen molar-refractivity contribution in [2.45, 2.75) is 57.5 Å². The third-order valence-corrected chi connectivity index (χ3v) is 3.80. The molecule has 4 heteroatoms. The first kappa shape index (κ1) is 15.4. The van der Waals surface area contributed by atoms with Gasteiger partial charge in [-0.2, -0.15) is 0 Å². The topological polar surface area (TPSA) is 58.4 Å². The fraction of sp³-hybridized carbons (Fsp3) is 0.929. The SMILES string of the molecule is CC(CCN(C)C)NC(=O)C1CCCCCC1N. The highest BCUT2D eigenvalue weighted by Gasteiger charge is 2.27. The summed E-state index contributed by atoms with van der Waals surface area (Å²) in [5.41, 5.74) is 6.11. The van der Waals surface area contributed by atoms with E-state index in [1.807, 2.05) is 0 Å². The first-order valence-corrected chi connectivity index (χ1v) is 7.21. The van der Waals surface area contributed by atoms with Gasteiger partial charge >= 0.3 is 0 Å². The van der Waals surface area contributed by atoms with Gasteiger partial charge in [0.1, 0.15) is 0 Å². The quantitative estimate of drug-likeness (QED) is 0.729. The second kappa shape index (κ2) is 7.74. The van der Waals surface area contributed by atoms with Crippen LogP contribution in [0.3, 0.4) is 0 Å². The first-order valence-electron chi connectivity index (χ1n) is 7.21. The zero-order valence-electron chi connectivity index (χ0n) is 12.1. The van der Waals surface area contributed by atoms with Crippen molar-refractivity contribution in [2.75, 3.05) is 20.6 Å². The molecule has 1 aliphatic rings. The van der Waals surface area contributed by atoms with Gasteiger partial charge in [-0.25, -0.2) is 0 Å². The molecule has 3 unspecified atom stereocenters. The van der Waals surface area contributed by atoms with Crippen LogP contribution in [0.5, 0.6) is 0 Å². The third-order valence-electron chi connectivity index (χ3n) is 3.80. The molecule has 0 saturated heterocycles. The molecule has 0 bridgehead atoms. The number of hydrogen-bond acceptors (Lipinski definition) is 3. The second-order valence-corrected chi connectivity index (χ2v) is 5.91. The molecule has 0 heterocycles. The van der Waals surface area contributed by atoms with Crippen molar-refractivity contribution in [2.24, 2.45) is 11.7 Å². The Balaban J connectivity index is 2.38. The van der Waals surface area contributed by atoms with E-state index < -0.39 is 0 Å².